The number of hydrazine groups is 1. The number of carboxylic acid groups (broad SMARTS) is 1. The highest BCUT2D eigenvalue weighted by atomic mass is 19.1. The summed E-state index contributed by atoms with van der Waals surface area (Å²) in [6.45, 7) is 5.32. The average molecular weight is 509 g/mol. The van der Waals surface area contributed by atoms with E-state index in [0.29, 0.717) is 25.6 Å². The molecule has 4 N–H and O–H groups in total. The number of nitrogens with two attached hydrogens (primary N) is 1. The first-order chi connectivity index (χ1) is 17.3. The molecule has 3 amide bonds. The van der Waals surface area contributed by atoms with Gasteiger partial charge < -0.3 is 24.8 Å². The third-order valence-electron chi connectivity index (χ3n) is 7.14. The molecule has 3 atom stereocenters. The standard InChI is InChI=1S/C26H41FN4O5/c1-19-9-10-22(27)16-23(19)24(36-15-11-29-25(32)33)21-8-5-12-30(17-21)26(34)31(28)13-4-7-20-6-2-3-14-35-18-20/h9-10,16,20-21,24,29H,2-8,11-15,17-18,28H2,1H3,(H,32,33)/t20?,21?,24-/m1/s1. The van der Waals surface area contributed by atoms with Crippen molar-refractivity contribution < 1.29 is 28.6 Å². The SMILES string of the molecule is Cc1ccc(F)cc1[C@H](OCCNC(=O)O)C1CCCN(C(=O)N(N)CCCC2CCCCOC2)C1. The van der Waals surface area contributed by atoms with E-state index in [0.717, 1.165) is 62.9 Å². The molecule has 2 saturated heterocycles. The number of carbonyl (C=O) groups is 2. The molecule has 2 aliphatic heterocycles. The molecule has 10 heteroatoms. The van der Waals surface area contributed by atoms with Crippen LogP contribution in [0.4, 0.5) is 14.0 Å². The van der Waals surface area contributed by atoms with E-state index in [1.54, 1.807) is 11.0 Å². The van der Waals surface area contributed by atoms with Crippen molar-refractivity contribution in [1.29, 1.82) is 0 Å². The molecule has 0 aliphatic carbocycles. The molecule has 3 rings (SSSR count). The number of nitrogens with one attached hydrogen (secondary N) is 1. The molecule has 1 aromatic carbocycles. The van der Waals surface area contributed by atoms with Crippen LogP contribution >= 0.6 is 0 Å². The van der Waals surface area contributed by atoms with E-state index < -0.39 is 12.2 Å². The van der Waals surface area contributed by atoms with Crippen LogP contribution in [0, 0.1) is 24.6 Å². The van der Waals surface area contributed by atoms with Crippen LogP contribution in [0.5, 0.6) is 0 Å². The normalized spacial score (nSPS) is 21.5. The van der Waals surface area contributed by atoms with Crippen molar-refractivity contribution in [3.8, 4) is 0 Å². The lowest BCUT2D eigenvalue weighted by Gasteiger charge is -2.38. The first kappa shape index (κ1) is 28.1. The first-order valence-corrected chi connectivity index (χ1v) is 13.1. The van der Waals surface area contributed by atoms with Crippen molar-refractivity contribution in [1.82, 2.24) is 15.2 Å². The summed E-state index contributed by atoms with van der Waals surface area (Å²) in [5, 5.41) is 12.4. The van der Waals surface area contributed by atoms with Crippen LogP contribution in [-0.2, 0) is 9.47 Å². The summed E-state index contributed by atoms with van der Waals surface area (Å²) in [7, 11) is 0. The number of hydrogen-bond donors (Lipinski definition) is 3. The largest absolute Gasteiger partial charge is 0.465 e. The van der Waals surface area contributed by atoms with E-state index in [4.69, 9.17) is 20.4 Å². The third kappa shape index (κ3) is 8.60. The van der Waals surface area contributed by atoms with E-state index in [-0.39, 0.29) is 30.9 Å². The second-order valence-electron chi connectivity index (χ2n) is 9.93. The smallest absolute Gasteiger partial charge is 0.404 e. The number of amides is 3. The summed E-state index contributed by atoms with van der Waals surface area (Å²) in [5.74, 6) is 6.27. The maximum Gasteiger partial charge on any atom is 0.404 e. The average Bonchev–Trinajstić information content (AvgIpc) is 3.14. The van der Waals surface area contributed by atoms with Crippen LogP contribution in [0.3, 0.4) is 0 Å². The number of benzene rings is 1. The van der Waals surface area contributed by atoms with Gasteiger partial charge in [0, 0.05) is 45.3 Å². The molecule has 0 radical (unpaired) electrons. The first-order valence-electron chi connectivity index (χ1n) is 13.1. The lowest BCUT2D eigenvalue weighted by atomic mass is 9.86. The second-order valence-corrected chi connectivity index (χ2v) is 9.93. The molecule has 9 nitrogen and oxygen atoms in total. The number of halogens is 1. The highest BCUT2D eigenvalue weighted by Gasteiger charge is 2.33. The molecular formula is C26H41FN4O5. The zero-order chi connectivity index (χ0) is 25.9. The van der Waals surface area contributed by atoms with E-state index in [9.17, 15) is 14.0 Å². The minimum Gasteiger partial charge on any atom is -0.465 e. The fraction of sp³-hybridized carbons (Fsp3) is 0.692. The van der Waals surface area contributed by atoms with Gasteiger partial charge in [-0.15, -0.1) is 0 Å². The molecule has 36 heavy (non-hydrogen) atoms. The number of ether oxygens (including phenoxy) is 2. The summed E-state index contributed by atoms with van der Waals surface area (Å²) in [5.41, 5.74) is 1.61. The van der Waals surface area contributed by atoms with Crippen LogP contribution in [-0.4, -0.2) is 73.1 Å². The zero-order valence-electron chi connectivity index (χ0n) is 21.3. The maximum absolute atomic E-state index is 14.1. The summed E-state index contributed by atoms with van der Waals surface area (Å²) >= 11 is 0. The summed E-state index contributed by atoms with van der Waals surface area (Å²) < 4.78 is 25.9. The van der Waals surface area contributed by atoms with Crippen molar-refractivity contribution in [2.75, 3.05) is 46.0 Å². The quantitative estimate of drug-likeness (QED) is 0.190. The molecular weight excluding hydrogens is 467 g/mol. The zero-order valence-corrected chi connectivity index (χ0v) is 21.3. The van der Waals surface area contributed by atoms with Gasteiger partial charge in [0.1, 0.15) is 5.82 Å². The van der Waals surface area contributed by atoms with Crippen LogP contribution in [0.2, 0.25) is 0 Å². The lowest BCUT2D eigenvalue weighted by molar-refractivity contribution is -0.0110. The fourth-order valence-corrected chi connectivity index (χ4v) is 5.20. The number of piperidine rings is 1. The number of urea groups is 1. The molecule has 0 saturated carbocycles. The van der Waals surface area contributed by atoms with Gasteiger partial charge in [-0.05, 0) is 74.6 Å². The third-order valence-corrected chi connectivity index (χ3v) is 7.14. The number of hydrogen-bond acceptors (Lipinski definition) is 5. The van der Waals surface area contributed by atoms with E-state index in [1.807, 2.05) is 6.92 Å². The van der Waals surface area contributed by atoms with Gasteiger partial charge in [-0.25, -0.2) is 19.8 Å². The molecule has 1 aromatic rings. The van der Waals surface area contributed by atoms with Crippen LogP contribution in [0.15, 0.2) is 18.2 Å². The van der Waals surface area contributed by atoms with Gasteiger partial charge in [0.15, 0.2) is 0 Å². The van der Waals surface area contributed by atoms with Crippen molar-refractivity contribution in [2.45, 2.75) is 58.0 Å². The van der Waals surface area contributed by atoms with Crippen molar-refractivity contribution >= 4 is 12.1 Å². The van der Waals surface area contributed by atoms with E-state index >= 15 is 0 Å². The topological polar surface area (TPSA) is 117 Å². The minimum absolute atomic E-state index is 0.0652. The Kier molecular flexibility index (Phi) is 11.2. The van der Waals surface area contributed by atoms with Crippen molar-refractivity contribution in [2.24, 2.45) is 17.7 Å². The summed E-state index contributed by atoms with van der Waals surface area (Å²) in [6.07, 6.45) is 5.29. The van der Waals surface area contributed by atoms with Gasteiger partial charge in [-0.3, -0.25) is 5.01 Å². The molecule has 0 aromatic heterocycles. The second kappa shape index (κ2) is 14.3. The Bertz CT molecular complexity index is 850. The number of nitrogens with zero attached hydrogens (tertiary/aromatic N) is 2. The monoisotopic (exact) mass is 508 g/mol. The van der Waals surface area contributed by atoms with Crippen molar-refractivity contribution in [3.05, 3.63) is 35.1 Å². The number of likely N-dealkylation sites (tertiary alicyclic amines) is 1. The Morgan fingerprint density at radius 1 is 1.33 bits per heavy atom. The Labute approximate surface area is 213 Å². The highest BCUT2D eigenvalue weighted by Crippen LogP contribution is 2.35. The lowest BCUT2D eigenvalue weighted by Crippen LogP contribution is -2.51. The van der Waals surface area contributed by atoms with Gasteiger partial charge in [0.05, 0.1) is 12.7 Å². The molecule has 2 unspecified atom stereocenters. The fourth-order valence-electron chi connectivity index (χ4n) is 5.20. The minimum atomic E-state index is -1.12. The van der Waals surface area contributed by atoms with Gasteiger partial charge in [0.2, 0.25) is 0 Å². The summed E-state index contributed by atoms with van der Waals surface area (Å²) in [6, 6.07) is 4.38. The Morgan fingerprint density at radius 3 is 2.97 bits per heavy atom. The molecule has 2 fully saturated rings. The van der Waals surface area contributed by atoms with Crippen LogP contribution in [0.1, 0.15) is 62.2 Å². The van der Waals surface area contributed by atoms with E-state index in [1.165, 1.54) is 23.6 Å². The predicted molar refractivity (Wildman–Crippen MR) is 134 cm³/mol. The molecule has 0 spiro atoms. The van der Waals surface area contributed by atoms with Gasteiger partial charge in [-0.1, -0.05) is 12.5 Å². The number of rotatable bonds is 10. The Hall–Kier alpha value is -2.43. The molecule has 2 heterocycles. The predicted octanol–water partition coefficient (Wildman–Crippen LogP) is 4.06. The molecule has 2 aliphatic rings. The molecule has 202 valence electrons. The Morgan fingerprint density at radius 2 is 2.17 bits per heavy atom. The van der Waals surface area contributed by atoms with Gasteiger partial charge in [-0.2, -0.15) is 0 Å². The highest BCUT2D eigenvalue weighted by molar-refractivity contribution is 5.73. The van der Waals surface area contributed by atoms with Gasteiger partial charge in [0.25, 0.3) is 0 Å². The summed E-state index contributed by atoms with van der Waals surface area (Å²) in [4.78, 5) is 25.7. The Balaban J connectivity index is 1.59. The van der Waals surface area contributed by atoms with E-state index in [2.05, 4.69) is 5.32 Å². The number of aryl methyl sites for hydroxylation is 1. The van der Waals surface area contributed by atoms with Gasteiger partial charge >= 0.3 is 12.1 Å². The van der Waals surface area contributed by atoms with Crippen LogP contribution in [0.25, 0.3) is 0 Å². The van der Waals surface area contributed by atoms with Crippen molar-refractivity contribution in [3.63, 3.8) is 0 Å². The number of carbonyl (C=O) groups excluding carboxylic acids is 1. The molecule has 0 bridgehead atoms. The van der Waals surface area contributed by atoms with Crippen LogP contribution < -0.4 is 11.2 Å². The maximum atomic E-state index is 14.1.